The van der Waals surface area contributed by atoms with Crippen LogP contribution in [0.25, 0.3) is 11.0 Å². The highest BCUT2D eigenvalue weighted by molar-refractivity contribution is 5.99. The van der Waals surface area contributed by atoms with Gasteiger partial charge in [0.25, 0.3) is 5.91 Å². The summed E-state index contributed by atoms with van der Waals surface area (Å²) in [6.07, 6.45) is 1.24. The third-order valence-corrected chi connectivity index (χ3v) is 3.86. The van der Waals surface area contributed by atoms with Gasteiger partial charge in [-0.2, -0.15) is 0 Å². The monoisotopic (exact) mass is 301 g/mol. The molecule has 1 aromatic carbocycles. The van der Waals surface area contributed by atoms with Gasteiger partial charge in [0.05, 0.1) is 7.11 Å². The summed E-state index contributed by atoms with van der Waals surface area (Å²) in [6, 6.07) is 7.85. The lowest BCUT2D eigenvalue weighted by Gasteiger charge is -2.22. The summed E-state index contributed by atoms with van der Waals surface area (Å²) in [5.41, 5.74) is -0.330. The molecule has 0 radical (unpaired) electrons. The molecule has 0 saturated carbocycles. The summed E-state index contributed by atoms with van der Waals surface area (Å²) >= 11 is 0. The quantitative estimate of drug-likeness (QED) is 0.621. The number of hydrogen-bond donors (Lipinski definition) is 0. The van der Waals surface area contributed by atoms with E-state index in [0.717, 1.165) is 0 Å². The van der Waals surface area contributed by atoms with E-state index in [-0.39, 0.29) is 5.56 Å². The first-order valence-corrected chi connectivity index (χ1v) is 7.03. The van der Waals surface area contributed by atoms with Crippen molar-refractivity contribution in [1.29, 1.82) is 0 Å². The maximum atomic E-state index is 12.6. The molecule has 1 amide bonds. The van der Waals surface area contributed by atoms with Crippen molar-refractivity contribution >= 4 is 22.8 Å². The fraction of sp³-hybridized carbons (Fsp3) is 0.312. The smallest absolute Gasteiger partial charge is 0.349 e. The predicted molar refractivity (Wildman–Crippen MR) is 78.6 cm³/mol. The molecule has 1 aliphatic rings. The molecular weight excluding hydrogens is 286 g/mol. The Morgan fingerprint density at radius 3 is 2.86 bits per heavy atom. The summed E-state index contributed by atoms with van der Waals surface area (Å²) in [5, 5.41) is 0.666. The van der Waals surface area contributed by atoms with Gasteiger partial charge in [-0.1, -0.05) is 18.2 Å². The number of amides is 1. The zero-order chi connectivity index (χ0) is 15.7. The van der Waals surface area contributed by atoms with E-state index in [1.165, 1.54) is 18.1 Å². The molecule has 1 atom stereocenters. The van der Waals surface area contributed by atoms with Gasteiger partial charge in [0.1, 0.15) is 17.2 Å². The first-order chi connectivity index (χ1) is 10.6. The Kier molecular flexibility index (Phi) is 3.66. The van der Waals surface area contributed by atoms with E-state index in [0.29, 0.717) is 30.4 Å². The molecule has 2 aromatic rings. The molecule has 1 aliphatic heterocycles. The van der Waals surface area contributed by atoms with Crippen LogP contribution in [0, 0.1) is 0 Å². The Morgan fingerprint density at radius 2 is 2.09 bits per heavy atom. The fourth-order valence-corrected chi connectivity index (χ4v) is 2.76. The highest BCUT2D eigenvalue weighted by atomic mass is 16.5. The van der Waals surface area contributed by atoms with Crippen LogP contribution >= 0.6 is 0 Å². The Hall–Kier alpha value is -2.63. The van der Waals surface area contributed by atoms with Crippen LogP contribution in [0.5, 0.6) is 0 Å². The molecule has 1 unspecified atom stereocenters. The highest BCUT2D eigenvalue weighted by Gasteiger charge is 2.36. The van der Waals surface area contributed by atoms with Crippen LogP contribution in [-0.2, 0) is 9.53 Å². The number of hydrogen-bond acceptors (Lipinski definition) is 5. The molecule has 6 nitrogen and oxygen atoms in total. The summed E-state index contributed by atoms with van der Waals surface area (Å²) in [7, 11) is 1.29. The summed E-state index contributed by atoms with van der Waals surface area (Å²) in [4.78, 5) is 37.8. The third kappa shape index (κ3) is 2.36. The third-order valence-electron chi connectivity index (χ3n) is 3.86. The van der Waals surface area contributed by atoms with E-state index in [1.54, 1.807) is 24.3 Å². The molecule has 0 aliphatic carbocycles. The van der Waals surface area contributed by atoms with E-state index >= 15 is 0 Å². The average Bonchev–Trinajstić information content (AvgIpc) is 3.02. The van der Waals surface area contributed by atoms with Gasteiger partial charge >= 0.3 is 11.6 Å². The van der Waals surface area contributed by atoms with Crippen molar-refractivity contribution in [2.45, 2.75) is 18.9 Å². The first kappa shape index (κ1) is 14.3. The largest absolute Gasteiger partial charge is 0.467 e. The number of para-hydroxylation sites is 1. The minimum atomic E-state index is -0.695. The van der Waals surface area contributed by atoms with Gasteiger partial charge in [-0.05, 0) is 25.0 Å². The van der Waals surface area contributed by atoms with Crippen molar-refractivity contribution < 1.29 is 18.7 Å². The fourth-order valence-electron chi connectivity index (χ4n) is 2.76. The Balaban J connectivity index is 2.00. The second-order valence-electron chi connectivity index (χ2n) is 5.17. The van der Waals surface area contributed by atoms with Gasteiger partial charge in [0.2, 0.25) is 0 Å². The maximum Gasteiger partial charge on any atom is 0.349 e. The van der Waals surface area contributed by atoms with Crippen LogP contribution in [0.4, 0.5) is 0 Å². The Morgan fingerprint density at radius 1 is 1.32 bits per heavy atom. The number of methoxy groups -OCH3 is 1. The molecule has 0 bridgehead atoms. The molecule has 6 heteroatoms. The van der Waals surface area contributed by atoms with Gasteiger partial charge in [-0.25, -0.2) is 9.59 Å². The van der Waals surface area contributed by atoms with Gasteiger partial charge in [-0.15, -0.1) is 0 Å². The second-order valence-corrected chi connectivity index (χ2v) is 5.17. The minimum absolute atomic E-state index is 0.0606. The van der Waals surface area contributed by atoms with E-state index in [4.69, 9.17) is 9.15 Å². The first-order valence-electron chi connectivity index (χ1n) is 7.03. The van der Waals surface area contributed by atoms with Crippen molar-refractivity contribution in [3.05, 3.63) is 46.3 Å². The number of benzene rings is 1. The lowest BCUT2D eigenvalue weighted by atomic mass is 10.1. The molecule has 22 heavy (non-hydrogen) atoms. The molecular formula is C16H15NO5. The van der Waals surface area contributed by atoms with Crippen LogP contribution in [0.3, 0.4) is 0 Å². The van der Waals surface area contributed by atoms with Crippen LogP contribution in [-0.4, -0.2) is 36.5 Å². The molecule has 1 aromatic heterocycles. The molecule has 3 rings (SSSR count). The van der Waals surface area contributed by atoms with Crippen molar-refractivity contribution in [2.75, 3.05) is 13.7 Å². The highest BCUT2D eigenvalue weighted by Crippen LogP contribution is 2.21. The number of nitrogens with zero attached hydrogens (tertiary/aromatic N) is 1. The number of carbonyl (C=O) groups excluding carboxylic acids is 2. The lowest BCUT2D eigenvalue weighted by molar-refractivity contribution is -0.145. The van der Waals surface area contributed by atoms with Gasteiger partial charge in [-0.3, -0.25) is 4.79 Å². The number of carbonyl (C=O) groups is 2. The normalized spacial score (nSPS) is 17.7. The van der Waals surface area contributed by atoms with Crippen LogP contribution in [0.1, 0.15) is 23.2 Å². The Bertz CT molecular complexity index is 794. The lowest BCUT2D eigenvalue weighted by Crippen LogP contribution is -2.42. The summed E-state index contributed by atoms with van der Waals surface area (Å²) in [6.45, 7) is 0.421. The number of ether oxygens (including phenoxy) is 1. The van der Waals surface area contributed by atoms with Crippen LogP contribution < -0.4 is 5.63 Å². The van der Waals surface area contributed by atoms with Crippen molar-refractivity contribution in [3.8, 4) is 0 Å². The van der Waals surface area contributed by atoms with Crippen molar-refractivity contribution in [1.82, 2.24) is 4.90 Å². The standard InChI is InChI=1S/C16H15NO5/c1-21-16(20)12-6-4-8-17(12)14(18)11-9-10-5-2-3-7-13(10)22-15(11)19/h2-3,5,7,9,12H,4,6,8H2,1H3. The molecule has 114 valence electrons. The summed E-state index contributed by atoms with van der Waals surface area (Å²) in [5.74, 6) is -0.955. The second kappa shape index (κ2) is 5.63. The average molecular weight is 301 g/mol. The van der Waals surface area contributed by atoms with E-state index < -0.39 is 23.5 Å². The van der Waals surface area contributed by atoms with Gasteiger partial charge < -0.3 is 14.1 Å². The van der Waals surface area contributed by atoms with Gasteiger partial charge in [0.15, 0.2) is 0 Å². The maximum absolute atomic E-state index is 12.6. The zero-order valence-electron chi connectivity index (χ0n) is 12.1. The van der Waals surface area contributed by atoms with Crippen LogP contribution in [0.15, 0.2) is 39.5 Å². The van der Waals surface area contributed by atoms with Crippen molar-refractivity contribution in [3.63, 3.8) is 0 Å². The number of rotatable bonds is 2. The number of esters is 1. The number of fused-ring (bicyclic) bond motifs is 1. The molecule has 0 N–H and O–H groups in total. The van der Waals surface area contributed by atoms with Crippen molar-refractivity contribution in [2.24, 2.45) is 0 Å². The molecule has 1 saturated heterocycles. The predicted octanol–water partition coefficient (Wildman–Crippen LogP) is 1.57. The summed E-state index contributed by atoms with van der Waals surface area (Å²) < 4.78 is 9.89. The molecule has 0 spiro atoms. The molecule has 1 fully saturated rings. The van der Waals surface area contributed by atoms with E-state index in [2.05, 4.69) is 0 Å². The minimum Gasteiger partial charge on any atom is -0.467 e. The van der Waals surface area contributed by atoms with E-state index in [1.807, 2.05) is 0 Å². The van der Waals surface area contributed by atoms with E-state index in [9.17, 15) is 14.4 Å². The zero-order valence-corrected chi connectivity index (χ0v) is 12.1. The topological polar surface area (TPSA) is 76.8 Å². The number of likely N-dealkylation sites (tertiary alicyclic amines) is 1. The SMILES string of the molecule is COC(=O)C1CCCN1C(=O)c1cc2ccccc2oc1=O. The molecule has 2 heterocycles. The Labute approximate surface area is 126 Å². The van der Waals surface area contributed by atoms with Crippen LogP contribution in [0.2, 0.25) is 0 Å². The van der Waals surface area contributed by atoms with Gasteiger partial charge in [0, 0.05) is 11.9 Å².